The summed E-state index contributed by atoms with van der Waals surface area (Å²) in [7, 11) is 0. The molecule has 0 unspecified atom stereocenters. The van der Waals surface area contributed by atoms with Crippen molar-refractivity contribution in [3.63, 3.8) is 0 Å². The molecule has 3 aliphatic carbocycles. The lowest BCUT2D eigenvalue weighted by Gasteiger charge is -2.28. The topological polar surface area (TPSA) is 105 Å². The molecule has 2 amide bonds. The first kappa shape index (κ1) is 22.4. The van der Waals surface area contributed by atoms with E-state index in [1.807, 2.05) is 24.3 Å². The van der Waals surface area contributed by atoms with Crippen molar-refractivity contribution in [2.24, 2.45) is 17.3 Å². The third kappa shape index (κ3) is 4.27. The lowest BCUT2D eigenvalue weighted by molar-refractivity contribution is -0.139. The Bertz CT molecular complexity index is 1060. The smallest absolute Gasteiger partial charge is 0.407 e. The monoisotopic (exact) mass is 462 g/mol. The molecule has 3 N–H and O–H groups in total. The zero-order chi connectivity index (χ0) is 23.7. The number of carboxylic acid groups (broad SMARTS) is 1. The van der Waals surface area contributed by atoms with Crippen LogP contribution in [0.15, 0.2) is 48.5 Å². The van der Waals surface area contributed by atoms with Crippen LogP contribution in [-0.4, -0.2) is 42.8 Å². The fraction of sp³-hybridized carbons (Fsp3) is 0.444. The maximum Gasteiger partial charge on any atom is 0.407 e. The van der Waals surface area contributed by atoms with Gasteiger partial charge < -0.3 is 20.5 Å². The van der Waals surface area contributed by atoms with Crippen LogP contribution in [0.3, 0.4) is 0 Å². The molecule has 2 aromatic carbocycles. The molecule has 2 saturated carbocycles. The zero-order valence-electron chi connectivity index (χ0n) is 19.1. The minimum atomic E-state index is -0.799. The molecule has 7 nitrogen and oxygen atoms in total. The fourth-order valence-corrected chi connectivity index (χ4v) is 5.61. The normalized spacial score (nSPS) is 21.9. The molecule has 0 heterocycles. The van der Waals surface area contributed by atoms with Crippen LogP contribution in [0.1, 0.15) is 49.1 Å². The van der Waals surface area contributed by atoms with Crippen molar-refractivity contribution in [2.45, 2.75) is 38.0 Å². The summed E-state index contributed by atoms with van der Waals surface area (Å²) < 4.78 is 5.63. The summed E-state index contributed by atoms with van der Waals surface area (Å²) >= 11 is 0. The molecule has 5 rings (SSSR count). The molecule has 0 bridgehead atoms. The molecular formula is C27H30N2O5. The Labute approximate surface area is 198 Å². The molecule has 7 heteroatoms. The second-order valence-corrected chi connectivity index (χ2v) is 9.82. The van der Waals surface area contributed by atoms with Crippen LogP contribution >= 0.6 is 0 Å². The third-order valence-electron chi connectivity index (χ3n) is 7.72. The van der Waals surface area contributed by atoms with E-state index in [2.05, 4.69) is 34.9 Å². The number of carbonyl (C=O) groups excluding carboxylic acids is 2. The van der Waals surface area contributed by atoms with E-state index in [1.54, 1.807) is 0 Å². The number of amides is 2. The van der Waals surface area contributed by atoms with Gasteiger partial charge in [0.05, 0.1) is 11.3 Å². The second kappa shape index (κ2) is 9.12. The van der Waals surface area contributed by atoms with Crippen molar-refractivity contribution in [1.29, 1.82) is 0 Å². The van der Waals surface area contributed by atoms with E-state index in [1.165, 1.54) is 11.1 Å². The first-order valence-corrected chi connectivity index (χ1v) is 12.1. The molecule has 2 atom stereocenters. The lowest BCUT2D eigenvalue weighted by atomic mass is 9.85. The maximum atomic E-state index is 13.0. The van der Waals surface area contributed by atoms with Crippen molar-refractivity contribution >= 4 is 18.0 Å². The number of aliphatic carboxylic acids is 1. The molecule has 0 aromatic heterocycles. The molecule has 178 valence electrons. The first-order valence-electron chi connectivity index (χ1n) is 12.1. The fourth-order valence-electron chi connectivity index (χ4n) is 5.61. The summed E-state index contributed by atoms with van der Waals surface area (Å²) in [5, 5.41) is 14.8. The van der Waals surface area contributed by atoms with E-state index in [4.69, 9.17) is 9.84 Å². The number of hydrogen-bond donors (Lipinski definition) is 3. The summed E-state index contributed by atoms with van der Waals surface area (Å²) in [6, 6.07) is 16.4. The van der Waals surface area contributed by atoms with Gasteiger partial charge in [0, 0.05) is 19.0 Å². The van der Waals surface area contributed by atoms with Crippen molar-refractivity contribution in [3.8, 4) is 11.1 Å². The molecule has 0 radical (unpaired) electrons. The van der Waals surface area contributed by atoms with Crippen LogP contribution in [-0.2, 0) is 14.3 Å². The largest absolute Gasteiger partial charge is 0.481 e. The highest BCUT2D eigenvalue weighted by Gasteiger charge is 2.45. The summed E-state index contributed by atoms with van der Waals surface area (Å²) in [5.74, 6) is -1.25. The van der Waals surface area contributed by atoms with Gasteiger partial charge in [-0.2, -0.15) is 0 Å². The number of hydrogen-bond acceptors (Lipinski definition) is 4. The summed E-state index contributed by atoms with van der Waals surface area (Å²) in [6.45, 7) is 0.836. The standard InChI is InChI=1S/C27H30N2O5/c30-24(31)22-13-17(22)14-28-25(32)27(11-5-6-12-27)16-29-26(33)34-15-23-20-9-3-1-7-18(20)19-8-2-4-10-21(19)23/h1-4,7-10,17,22-23H,5-6,11-16H2,(H,28,32)(H,29,33)(H,30,31)/t17-,22-/m0/s1. The van der Waals surface area contributed by atoms with Gasteiger partial charge in [-0.3, -0.25) is 9.59 Å². The lowest BCUT2D eigenvalue weighted by Crippen LogP contribution is -2.47. The van der Waals surface area contributed by atoms with Gasteiger partial charge in [-0.15, -0.1) is 0 Å². The van der Waals surface area contributed by atoms with Gasteiger partial charge in [0.25, 0.3) is 0 Å². The number of ether oxygens (including phenoxy) is 1. The number of carbonyl (C=O) groups is 3. The maximum absolute atomic E-state index is 13.0. The predicted molar refractivity (Wildman–Crippen MR) is 126 cm³/mol. The van der Waals surface area contributed by atoms with Gasteiger partial charge in [-0.25, -0.2) is 4.79 Å². The number of fused-ring (bicyclic) bond motifs is 3. The Morgan fingerprint density at radius 3 is 2.15 bits per heavy atom. The van der Waals surface area contributed by atoms with Crippen LogP contribution < -0.4 is 10.6 Å². The molecule has 2 aromatic rings. The third-order valence-corrected chi connectivity index (χ3v) is 7.72. The molecule has 0 saturated heterocycles. The van der Waals surface area contributed by atoms with Gasteiger partial charge in [0.15, 0.2) is 0 Å². The highest BCUT2D eigenvalue weighted by atomic mass is 16.5. The van der Waals surface area contributed by atoms with Gasteiger partial charge >= 0.3 is 12.1 Å². The quantitative estimate of drug-likeness (QED) is 0.552. The van der Waals surface area contributed by atoms with Crippen LogP contribution in [0.2, 0.25) is 0 Å². The highest BCUT2D eigenvalue weighted by Crippen LogP contribution is 2.44. The number of carboxylic acids is 1. The first-order chi connectivity index (χ1) is 16.5. The van der Waals surface area contributed by atoms with E-state index >= 15 is 0 Å². The van der Waals surface area contributed by atoms with Crippen LogP contribution in [0.25, 0.3) is 11.1 Å². The van der Waals surface area contributed by atoms with Crippen molar-refractivity contribution < 1.29 is 24.2 Å². The van der Waals surface area contributed by atoms with E-state index in [0.717, 1.165) is 24.0 Å². The van der Waals surface area contributed by atoms with Crippen LogP contribution in [0.4, 0.5) is 4.79 Å². The number of nitrogens with one attached hydrogen (secondary N) is 2. The van der Waals surface area contributed by atoms with Gasteiger partial charge in [-0.05, 0) is 47.4 Å². The minimum absolute atomic E-state index is 0.00925. The molecule has 0 aliphatic heterocycles. The van der Waals surface area contributed by atoms with E-state index in [9.17, 15) is 14.4 Å². The minimum Gasteiger partial charge on any atom is -0.481 e. The number of alkyl carbamates (subject to hydrolysis) is 1. The average Bonchev–Trinajstić information content (AvgIpc) is 3.35. The van der Waals surface area contributed by atoms with E-state index in [0.29, 0.717) is 25.8 Å². The SMILES string of the molecule is O=C(NCC1(C(=O)NC[C@@H]2C[C@@H]2C(=O)O)CCCC1)OCC1c2ccccc2-c2ccccc21. The average molecular weight is 463 g/mol. The summed E-state index contributed by atoms with van der Waals surface area (Å²) in [5.41, 5.74) is 4.01. The number of rotatable bonds is 8. The van der Waals surface area contributed by atoms with Gasteiger partial charge in [0.1, 0.15) is 6.61 Å². The van der Waals surface area contributed by atoms with Crippen molar-refractivity contribution in [2.75, 3.05) is 19.7 Å². The molecule has 34 heavy (non-hydrogen) atoms. The molecule has 3 aliphatic rings. The Morgan fingerprint density at radius 1 is 0.941 bits per heavy atom. The molecular weight excluding hydrogens is 432 g/mol. The van der Waals surface area contributed by atoms with E-state index in [-0.39, 0.29) is 36.8 Å². The summed E-state index contributed by atoms with van der Waals surface area (Å²) in [4.78, 5) is 36.6. The molecule has 2 fully saturated rings. The highest BCUT2D eigenvalue weighted by molar-refractivity contribution is 5.84. The molecule has 0 spiro atoms. The zero-order valence-corrected chi connectivity index (χ0v) is 19.1. The van der Waals surface area contributed by atoms with Crippen molar-refractivity contribution in [3.05, 3.63) is 59.7 Å². The Balaban J connectivity index is 1.16. The Kier molecular flexibility index (Phi) is 6.02. The van der Waals surface area contributed by atoms with E-state index < -0.39 is 17.5 Å². The number of benzene rings is 2. The van der Waals surface area contributed by atoms with Crippen LogP contribution in [0, 0.1) is 17.3 Å². The second-order valence-electron chi connectivity index (χ2n) is 9.82. The van der Waals surface area contributed by atoms with Gasteiger partial charge in [-0.1, -0.05) is 61.4 Å². The van der Waals surface area contributed by atoms with Gasteiger partial charge in [0.2, 0.25) is 5.91 Å². The van der Waals surface area contributed by atoms with Crippen molar-refractivity contribution in [1.82, 2.24) is 10.6 Å². The Morgan fingerprint density at radius 2 is 1.56 bits per heavy atom. The predicted octanol–water partition coefficient (Wildman–Crippen LogP) is 3.92. The van der Waals surface area contributed by atoms with Crippen LogP contribution in [0.5, 0.6) is 0 Å². The Hall–Kier alpha value is -3.35. The summed E-state index contributed by atoms with van der Waals surface area (Å²) in [6.07, 6.45) is 3.36.